The number of carbonyl (C=O) groups is 1. The second kappa shape index (κ2) is 7.49. The number of rotatable bonds is 5. The van der Waals surface area contributed by atoms with Gasteiger partial charge in [0.2, 0.25) is 11.8 Å². The Balaban J connectivity index is 1.36. The van der Waals surface area contributed by atoms with Crippen molar-refractivity contribution in [1.29, 1.82) is 0 Å². The summed E-state index contributed by atoms with van der Waals surface area (Å²) in [6.07, 6.45) is 3.79. The van der Waals surface area contributed by atoms with E-state index in [1.54, 1.807) is 41.3 Å². The maximum Gasteiger partial charge on any atom is 0.251 e. The zero-order chi connectivity index (χ0) is 19.6. The van der Waals surface area contributed by atoms with Crippen LogP contribution in [0.3, 0.4) is 0 Å². The zero-order valence-corrected chi connectivity index (χ0v) is 15.0. The minimum atomic E-state index is -2.60. The first-order chi connectivity index (χ1) is 13.5. The maximum atomic E-state index is 13.3. The molecule has 1 N–H and O–H groups in total. The van der Waals surface area contributed by atoms with Crippen molar-refractivity contribution in [3.05, 3.63) is 60.0 Å². The molecule has 3 aromatic rings. The van der Waals surface area contributed by atoms with Crippen LogP contribution in [-0.4, -0.2) is 31.8 Å². The molecular formula is C19H19F2N5O2. The van der Waals surface area contributed by atoms with E-state index in [1.807, 2.05) is 6.07 Å². The van der Waals surface area contributed by atoms with Gasteiger partial charge < -0.3 is 9.84 Å². The van der Waals surface area contributed by atoms with E-state index in [-0.39, 0.29) is 37.1 Å². The second-order valence-electron chi connectivity index (χ2n) is 6.86. The van der Waals surface area contributed by atoms with Crippen LogP contribution in [0.15, 0.2) is 47.2 Å². The van der Waals surface area contributed by atoms with E-state index in [1.165, 1.54) is 0 Å². The molecule has 4 rings (SSSR count). The highest BCUT2D eigenvalue weighted by molar-refractivity contribution is 5.94. The normalized spacial score (nSPS) is 16.8. The number of hydrogen-bond donors (Lipinski definition) is 1. The van der Waals surface area contributed by atoms with Crippen LogP contribution in [0.5, 0.6) is 0 Å². The lowest BCUT2D eigenvalue weighted by Crippen LogP contribution is -2.24. The monoisotopic (exact) mass is 387 g/mol. The first-order valence-corrected chi connectivity index (χ1v) is 9.09. The Morgan fingerprint density at radius 1 is 1.29 bits per heavy atom. The summed E-state index contributed by atoms with van der Waals surface area (Å²) in [5.41, 5.74) is 1.24. The predicted octanol–water partition coefficient (Wildman–Crippen LogP) is 3.48. The molecule has 9 heteroatoms. The third-order valence-electron chi connectivity index (χ3n) is 4.84. The van der Waals surface area contributed by atoms with E-state index in [4.69, 9.17) is 4.52 Å². The lowest BCUT2D eigenvalue weighted by Gasteiger charge is -2.26. The average Bonchev–Trinajstić information content (AvgIpc) is 3.38. The molecule has 2 heterocycles. The summed E-state index contributed by atoms with van der Waals surface area (Å²) >= 11 is 0. The predicted molar refractivity (Wildman–Crippen MR) is 95.2 cm³/mol. The van der Waals surface area contributed by atoms with Crippen LogP contribution in [0.4, 0.5) is 8.78 Å². The average molecular weight is 387 g/mol. The van der Waals surface area contributed by atoms with Gasteiger partial charge in [-0.2, -0.15) is 10.1 Å². The quantitative estimate of drug-likeness (QED) is 0.724. The fourth-order valence-corrected chi connectivity index (χ4v) is 3.27. The van der Waals surface area contributed by atoms with Gasteiger partial charge in [0.15, 0.2) is 5.82 Å². The van der Waals surface area contributed by atoms with Gasteiger partial charge in [-0.25, -0.2) is 13.5 Å². The third-order valence-corrected chi connectivity index (χ3v) is 4.84. The van der Waals surface area contributed by atoms with Crippen molar-refractivity contribution in [3.8, 4) is 5.69 Å². The molecule has 146 valence electrons. The zero-order valence-electron chi connectivity index (χ0n) is 15.0. The molecule has 1 saturated carbocycles. The topological polar surface area (TPSA) is 85.8 Å². The Morgan fingerprint density at radius 2 is 2.11 bits per heavy atom. The second-order valence-corrected chi connectivity index (χ2v) is 6.86. The van der Waals surface area contributed by atoms with E-state index in [2.05, 4.69) is 20.6 Å². The first kappa shape index (κ1) is 18.3. The van der Waals surface area contributed by atoms with Crippen molar-refractivity contribution < 1.29 is 18.1 Å². The molecule has 0 spiro atoms. The van der Waals surface area contributed by atoms with Crippen LogP contribution in [0.1, 0.15) is 53.7 Å². The number of alkyl halides is 2. The van der Waals surface area contributed by atoms with Gasteiger partial charge in [0.25, 0.3) is 5.91 Å². The summed E-state index contributed by atoms with van der Waals surface area (Å²) in [5, 5.41) is 10.8. The molecule has 1 fully saturated rings. The summed E-state index contributed by atoms with van der Waals surface area (Å²) < 4.78 is 33.4. The van der Waals surface area contributed by atoms with Gasteiger partial charge in [-0.05, 0) is 37.1 Å². The number of aromatic nitrogens is 4. The molecule has 1 amide bonds. The van der Waals surface area contributed by atoms with E-state index in [9.17, 15) is 13.6 Å². The molecule has 0 unspecified atom stereocenters. The maximum absolute atomic E-state index is 13.3. The Hall–Kier alpha value is -3.10. The lowest BCUT2D eigenvalue weighted by atomic mass is 9.86. The number of nitrogens with zero attached hydrogens (tertiary/aromatic N) is 4. The van der Waals surface area contributed by atoms with Gasteiger partial charge in [0, 0.05) is 36.7 Å². The smallest absolute Gasteiger partial charge is 0.251 e. The molecule has 0 atom stereocenters. The van der Waals surface area contributed by atoms with Crippen LogP contribution in [0.25, 0.3) is 5.69 Å². The van der Waals surface area contributed by atoms with E-state index in [0.29, 0.717) is 24.2 Å². The molecular weight excluding hydrogens is 368 g/mol. The Bertz CT molecular complexity index is 945. The Kier molecular flexibility index (Phi) is 4.89. The minimum Gasteiger partial charge on any atom is -0.343 e. The summed E-state index contributed by atoms with van der Waals surface area (Å²) in [6.45, 7) is 0.0701. The number of halogens is 2. The minimum absolute atomic E-state index is 0.0701. The number of carbonyl (C=O) groups excluding carboxylic acids is 1. The molecule has 28 heavy (non-hydrogen) atoms. The SMILES string of the molecule is O=C(NCc1nc(C2CCC(F)(F)CC2)no1)c1cccc(-n2cccn2)c1. The number of amides is 1. The van der Waals surface area contributed by atoms with E-state index < -0.39 is 5.92 Å². The summed E-state index contributed by atoms with van der Waals surface area (Å²) in [5.74, 6) is -2.32. The molecule has 0 aliphatic heterocycles. The van der Waals surface area contributed by atoms with Crippen LogP contribution < -0.4 is 5.32 Å². The summed E-state index contributed by atoms with van der Waals surface area (Å²) in [6, 6.07) is 8.85. The standard InChI is InChI=1S/C19H19F2N5O2/c20-19(21)7-5-13(6-8-19)17-24-16(28-25-17)12-22-18(27)14-3-1-4-15(11-14)26-10-2-9-23-26/h1-4,9-11,13H,5-8,12H2,(H,22,27). The molecule has 0 radical (unpaired) electrons. The molecule has 7 nitrogen and oxygen atoms in total. The highest BCUT2D eigenvalue weighted by Gasteiger charge is 2.36. The van der Waals surface area contributed by atoms with Crippen molar-refractivity contribution in [3.63, 3.8) is 0 Å². The number of hydrogen-bond acceptors (Lipinski definition) is 5. The molecule has 0 bridgehead atoms. The first-order valence-electron chi connectivity index (χ1n) is 9.09. The van der Waals surface area contributed by atoms with E-state index >= 15 is 0 Å². The van der Waals surface area contributed by atoms with Gasteiger partial charge >= 0.3 is 0 Å². The van der Waals surface area contributed by atoms with Gasteiger partial charge in [-0.15, -0.1) is 0 Å². The molecule has 1 aliphatic rings. The van der Waals surface area contributed by atoms with Crippen molar-refractivity contribution in [2.45, 2.75) is 44.1 Å². The fourth-order valence-electron chi connectivity index (χ4n) is 3.27. The summed E-state index contributed by atoms with van der Waals surface area (Å²) in [7, 11) is 0. The summed E-state index contributed by atoms with van der Waals surface area (Å²) in [4.78, 5) is 16.7. The van der Waals surface area contributed by atoms with Crippen molar-refractivity contribution in [2.75, 3.05) is 0 Å². The van der Waals surface area contributed by atoms with Crippen LogP contribution in [0, 0.1) is 0 Å². The van der Waals surface area contributed by atoms with E-state index in [0.717, 1.165) is 5.69 Å². The van der Waals surface area contributed by atoms with Crippen LogP contribution in [-0.2, 0) is 6.54 Å². The molecule has 1 aliphatic carbocycles. The number of benzene rings is 1. The molecule has 0 saturated heterocycles. The van der Waals surface area contributed by atoms with Crippen LogP contribution >= 0.6 is 0 Å². The Morgan fingerprint density at radius 3 is 2.86 bits per heavy atom. The number of nitrogens with one attached hydrogen (secondary N) is 1. The largest absolute Gasteiger partial charge is 0.343 e. The Labute approximate surface area is 159 Å². The van der Waals surface area contributed by atoms with Crippen molar-refractivity contribution in [1.82, 2.24) is 25.2 Å². The van der Waals surface area contributed by atoms with Crippen molar-refractivity contribution >= 4 is 5.91 Å². The third kappa shape index (κ3) is 4.08. The lowest BCUT2D eigenvalue weighted by molar-refractivity contribution is -0.0389. The van der Waals surface area contributed by atoms with Gasteiger partial charge in [0.05, 0.1) is 12.2 Å². The fraction of sp³-hybridized carbons (Fsp3) is 0.368. The highest BCUT2D eigenvalue weighted by atomic mass is 19.3. The van der Waals surface area contributed by atoms with Gasteiger partial charge in [-0.3, -0.25) is 4.79 Å². The van der Waals surface area contributed by atoms with Gasteiger partial charge in [0.1, 0.15) is 0 Å². The van der Waals surface area contributed by atoms with Gasteiger partial charge in [-0.1, -0.05) is 11.2 Å². The van der Waals surface area contributed by atoms with Crippen molar-refractivity contribution in [2.24, 2.45) is 0 Å². The molecule has 1 aromatic carbocycles. The highest BCUT2D eigenvalue weighted by Crippen LogP contribution is 2.39. The molecule has 2 aromatic heterocycles. The van der Waals surface area contributed by atoms with Crippen LogP contribution in [0.2, 0.25) is 0 Å².